The van der Waals surface area contributed by atoms with Gasteiger partial charge in [-0.05, 0) is 31.6 Å². The minimum Gasteiger partial charge on any atom is -0.488 e. The molecular weight excluding hydrogens is 188 g/mol. The highest BCUT2D eigenvalue weighted by Crippen LogP contribution is 2.10. The van der Waals surface area contributed by atoms with Gasteiger partial charge < -0.3 is 10.5 Å². The fraction of sp³-hybridized carbons (Fsp3) is 0.417. The molecular formula is C12H18N2O. The molecule has 1 rings (SSSR count). The van der Waals surface area contributed by atoms with Gasteiger partial charge in [0, 0.05) is 18.2 Å². The molecule has 0 fully saturated rings. The molecule has 3 nitrogen and oxygen atoms in total. The lowest BCUT2D eigenvalue weighted by atomic mass is 10.2. The SMILES string of the molecule is C=C(C)COc1ccc(CC(C)N)nc1. The highest BCUT2D eigenvalue weighted by atomic mass is 16.5. The predicted molar refractivity (Wildman–Crippen MR) is 61.9 cm³/mol. The summed E-state index contributed by atoms with van der Waals surface area (Å²) in [6.45, 7) is 8.20. The van der Waals surface area contributed by atoms with Gasteiger partial charge in [-0.25, -0.2) is 0 Å². The van der Waals surface area contributed by atoms with E-state index >= 15 is 0 Å². The maximum atomic E-state index is 5.68. The summed E-state index contributed by atoms with van der Waals surface area (Å²) in [6, 6.07) is 3.99. The predicted octanol–water partition coefficient (Wildman–Crippen LogP) is 1.93. The van der Waals surface area contributed by atoms with Gasteiger partial charge in [-0.2, -0.15) is 0 Å². The second kappa shape index (κ2) is 5.51. The van der Waals surface area contributed by atoms with Gasteiger partial charge in [0.15, 0.2) is 0 Å². The Morgan fingerprint density at radius 3 is 2.80 bits per heavy atom. The number of hydrogen-bond donors (Lipinski definition) is 1. The van der Waals surface area contributed by atoms with Crippen molar-refractivity contribution in [2.24, 2.45) is 5.73 Å². The smallest absolute Gasteiger partial charge is 0.138 e. The van der Waals surface area contributed by atoms with Crippen LogP contribution in [0.15, 0.2) is 30.5 Å². The number of rotatable bonds is 5. The fourth-order valence-corrected chi connectivity index (χ4v) is 1.15. The van der Waals surface area contributed by atoms with Crippen LogP contribution in [0.2, 0.25) is 0 Å². The van der Waals surface area contributed by atoms with Gasteiger partial charge in [-0.3, -0.25) is 4.98 Å². The average Bonchev–Trinajstić information content (AvgIpc) is 2.16. The Balaban J connectivity index is 2.52. The number of ether oxygens (including phenoxy) is 1. The molecule has 0 saturated heterocycles. The van der Waals surface area contributed by atoms with Crippen LogP contribution in [-0.2, 0) is 6.42 Å². The van der Waals surface area contributed by atoms with E-state index in [1.165, 1.54) is 0 Å². The van der Waals surface area contributed by atoms with Crippen LogP contribution in [0.4, 0.5) is 0 Å². The van der Waals surface area contributed by atoms with E-state index in [1.807, 2.05) is 26.0 Å². The van der Waals surface area contributed by atoms with Gasteiger partial charge in [0.25, 0.3) is 0 Å². The average molecular weight is 206 g/mol. The molecule has 2 N–H and O–H groups in total. The van der Waals surface area contributed by atoms with Crippen LogP contribution in [-0.4, -0.2) is 17.6 Å². The molecule has 1 heterocycles. The summed E-state index contributed by atoms with van der Waals surface area (Å²) in [5.74, 6) is 0.770. The summed E-state index contributed by atoms with van der Waals surface area (Å²) in [4.78, 5) is 4.26. The third-order valence-electron chi connectivity index (χ3n) is 1.81. The van der Waals surface area contributed by atoms with E-state index in [9.17, 15) is 0 Å². The number of nitrogens with zero attached hydrogens (tertiary/aromatic N) is 1. The summed E-state index contributed by atoms with van der Waals surface area (Å²) in [5, 5.41) is 0. The van der Waals surface area contributed by atoms with Crippen LogP contribution in [0.1, 0.15) is 19.5 Å². The highest BCUT2D eigenvalue weighted by Gasteiger charge is 2.00. The van der Waals surface area contributed by atoms with Crippen molar-refractivity contribution in [3.8, 4) is 5.75 Å². The molecule has 0 radical (unpaired) electrons. The van der Waals surface area contributed by atoms with E-state index in [0.29, 0.717) is 6.61 Å². The molecule has 15 heavy (non-hydrogen) atoms. The molecule has 0 spiro atoms. The maximum absolute atomic E-state index is 5.68. The van der Waals surface area contributed by atoms with Crippen LogP contribution in [0.5, 0.6) is 5.75 Å². The Bertz CT molecular complexity index is 317. The lowest BCUT2D eigenvalue weighted by Crippen LogP contribution is -2.18. The van der Waals surface area contributed by atoms with Crippen molar-refractivity contribution in [2.45, 2.75) is 26.3 Å². The molecule has 0 aliphatic heterocycles. The molecule has 0 aliphatic rings. The lowest BCUT2D eigenvalue weighted by Gasteiger charge is -2.07. The zero-order chi connectivity index (χ0) is 11.3. The molecule has 0 aromatic carbocycles. The van der Waals surface area contributed by atoms with E-state index in [4.69, 9.17) is 10.5 Å². The van der Waals surface area contributed by atoms with Crippen molar-refractivity contribution in [3.05, 3.63) is 36.2 Å². The van der Waals surface area contributed by atoms with Gasteiger partial charge in [0.05, 0.1) is 6.20 Å². The first-order valence-electron chi connectivity index (χ1n) is 5.05. The van der Waals surface area contributed by atoms with Crippen molar-refractivity contribution >= 4 is 0 Å². The minimum atomic E-state index is 0.139. The number of pyridine rings is 1. The molecule has 3 heteroatoms. The zero-order valence-corrected chi connectivity index (χ0v) is 9.36. The van der Waals surface area contributed by atoms with E-state index in [-0.39, 0.29) is 6.04 Å². The van der Waals surface area contributed by atoms with E-state index < -0.39 is 0 Å². The molecule has 1 aromatic heterocycles. The van der Waals surface area contributed by atoms with Crippen LogP contribution in [0.25, 0.3) is 0 Å². The van der Waals surface area contributed by atoms with Crippen molar-refractivity contribution in [3.63, 3.8) is 0 Å². The number of nitrogens with two attached hydrogens (primary N) is 1. The normalized spacial score (nSPS) is 12.2. The Hall–Kier alpha value is -1.35. The monoisotopic (exact) mass is 206 g/mol. The largest absolute Gasteiger partial charge is 0.488 e. The van der Waals surface area contributed by atoms with Crippen molar-refractivity contribution in [1.29, 1.82) is 0 Å². The van der Waals surface area contributed by atoms with E-state index in [2.05, 4.69) is 11.6 Å². The number of aromatic nitrogens is 1. The van der Waals surface area contributed by atoms with Crippen LogP contribution < -0.4 is 10.5 Å². The summed E-state index contributed by atoms with van der Waals surface area (Å²) in [7, 11) is 0. The first-order valence-corrected chi connectivity index (χ1v) is 5.05. The third kappa shape index (κ3) is 4.61. The Morgan fingerprint density at radius 2 is 2.33 bits per heavy atom. The molecule has 0 saturated carbocycles. The lowest BCUT2D eigenvalue weighted by molar-refractivity contribution is 0.351. The first-order chi connectivity index (χ1) is 7.08. The molecule has 1 aromatic rings. The quantitative estimate of drug-likeness (QED) is 0.749. The maximum Gasteiger partial charge on any atom is 0.138 e. The molecule has 0 aliphatic carbocycles. The summed E-state index contributed by atoms with van der Waals surface area (Å²) < 4.78 is 5.43. The van der Waals surface area contributed by atoms with Crippen LogP contribution >= 0.6 is 0 Å². The number of hydrogen-bond acceptors (Lipinski definition) is 3. The van der Waals surface area contributed by atoms with Gasteiger partial charge in [-0.1, -0.05) is 6.58 Å². The Kier molecular flexibility index (Phi) is 4.31. The molecule has 1 atom stereocenters. The Labute approximate surface area is 91.0 Å². The molecule has 1 unspecified atom stereocenters. The van der Waals surface area contributed by atoms with Crippen LogP contribution in [0.3, 0.4) is 0 Å². The van der Waals surface area contributed by atoms with Crippen molar-refractivity contribution in [1.82, 2.24) is 4.98 Å². The van der Waals surface area contributed by atoms with Gasteiger partial charge in [-0.15, -0.1) is 0 Å². The zero-order valence-electron chi connectivity index (χ0n) is 9.36. The summed E-state index contributed by atoms with van der Waals surface area (Å²) >= 11 is 0. The van der Waals surface area contributed by atoms with Crippen LogP contribution in [0, 0.1) is 0 Å². The summed E-state index contributed by atoms with van der Waals surface area (Å²) in [6.07, 6.45) is 2.52. The molecule has 82 valence electrons. The summed E-state index contributed by atoms with van der Waals surface area (Å²) in [5.41, 5.74) is 7.67. The topological polar surface area (TPSA) is 48.1 Å². The van der Waals surface area contributed by atoms with Gasteiger partial charge >= 0.3 is 0 Å². The molecule has 0 amide bonds. The second-order valence-electron chi connectivity index (χ2n) is 3.91. The van der Waals surface area contributed by atoms with Gasteiger partial charge in [0.2, 0.25) is 0 Å². The first kappa shape index (κ1) is 11.7. The van der Waals surface area contributed by atoms with Gasteiger partial charge in [0.1, 0.15) is 12.4 Å². The standard InChI is InChI=1S/C12H18N2O/c1-9(2)8-15-12-5-4-11(14-7-12)6-10(3)13/h4-5,7,10H,1,6,8,13H2,2-3H3. The van der Waals surface area contributed by atoms with E-state index in [1.54, 1.807) is 6.20 Å². The Morgan fingerprint density at radius 1 is 1.60 bits per heavy atom. The van der Waals surface area contributed by atoms with Crippen molar-refractivity contribution < 1.29 is 4.74 Å². The van der Waals surface area contributed by atoms with Crippen molar-refractivity contribution in [2.75, 3.05) is 6.61 Å². The van der Waals surface area contributed by atoms with E-state index in [0.717, 1.165) is 23.4 Å². The second-order valence-corrected chi connectivity index (χ2v) is 3.91. The minimum absolute atomic E-state index is 0.139. The molecule has 0 bridgehead atoms. The third-order valence-corrected chi connectivity index (χ3v) is 1.81. The highest BCUT2D eigenvalue weighted by molar-refractivity contribution is 5.20. The fourth-order valence-electron chi connectivity index (χ4n) is 1.15.